The van der Waals surface area contributed by atoms with Gasteiger partial charge >= 0.3 is 0 Å². The molecule has 1 aromatic heterocycles. The van der Waals surface area contributed by atoms with Crippen LogP contribution in [0.15, 0.2) is 35.5 Å². The fraction of sp³-hybridized carbons (Fsp3) is 0.308. The highest BCUT2D eigenvalue weighted by molar-refractivity contribution is 7.89. The Kier molecular flexibility index (Phi) is 2.91. The van der Waals surface area contributed by atoms with Crippen molar-refractivity contribution in [3.63, 3.8) is 0 Å². The van der Waals surface area contributed by atoms with Gasteiger partial charge in [-0.05, 0) is 19.1 Å². The quantitative estimate of drug-likeness (QED) is 0.904. The number of nitrogens with one attached hydrogen (secondary N) is 1. The molecule has 0 bridgehead atoms. The number of rotatable bonds is 2. The Morgan fingerprint density at radius 1 is 1.26 bits per heavy atom. The molecule has 2 aromatic rings. The average Bonchev–Trinajstić information content (AvgIpc) is 2.86. The number of sulfonamides is 1. The zero-order valence-corrected chi connectivity index (χ0v) is 11.4. The van der Waals surface area contributed by atoms with Crippen LogP contribution in [0.2, 0.25) is 0 Å². The summed E-state index contributed by atoms with van der Waals surface area (Å²) in [5.41, 5.74) is 2.91. The van der Waals surface area contributed by atoms with Crippen LogP contribution in [0, 0.1) is 6.92 Å². The summed E-state index contributed by atoms with van der Waals surface area (Å²) in [6.45, 7) is 2.79. The highest BCUT2D eigenvalue weighted by Crippen LogP contribution is 2.23. The van der Waals surface area contributed by atoms with Gasteiger partial charge in [0.1, 0.15) is 0 Å². The number of imidazole rings is 1. The van der Waals surface area contributed by atoms with Crippen LogP contribution in [0.25, 0.3) is 0 Å². The van der Waals surface area contributed by atoms with E-state index in [4.69, 9.17) is 0 Å². The van der Waals surface area contributed by atoms with Gasteiger partial charge in [-0.2, -0.15) is 4.31 Å². The smallest absolute Gasteiger partial charge is 0.243 e. The maximum Gasteiger partial charge on any atom is 0.243 e. The lowest BCUT2D eigenvalue weighted by Crippen LogP contribution is -2.36. The lowest BCUT2D eigenvalue weighted by atomic mass is 10.2. The van der Waals surface area contributed by atoms with Crippen molar-refractivity contribution >= 4 is 10.0 Å². The number of hydrogen-bond acceptors (Lipinski definition) is 3. The molecule has 6 heteroatoms. The van der Waals surface area contributed by atoms with E-state index in [9.17, 15) is 8.42 Å². The normalized spacial score (nSPS) is 16.3. The van der Waals surface area contributed by atoms with Crippen molar-refractivity contribution in [2.45, 2.75) is 24.8 Å². The number of benzene rings is 1. The SMILES string of the molecule is Cc1ccc(S(=O)(=O)N2CCc3nc[nH]c3C2)cc1. The summed E-state index contributed by atoms with van der Waals surface area (Å²) < 4.78 is 26.5. The maximum atomic E-state index is 12.5. The first kappa shape index (κ1) is 12.4. The third kappa shape index (κ3) is 2.17. The number of aromatic amines is 1. The molecule has 1 aliphatic heterocycles. The molecule has 0 radical (unpaired) electrons. The van der Waals surface area contributed by atoms with E-state index in [-0.39, 0.29) is 0 Å². The molecule has 0 aliphatic carbocycles. The Balaban J connectivity index is 1.92. The van der Waals surface area contributed by atoms with Crippen molar-refractivity contribution in [1.82, 2.24) is 14.3 Å². The Morgan fingerprint density at radius 2 is 2.00 bits per heavy atom. The molecule has 0 saturated heterocycles. The Hall–Kier alpha value is -1.66. The molecule has 5 nitrogen and oxygen atoms in total. The summed E-state index contributed by atoms with van der Waals surface area (Å²) in [5.74, 6) is 0. The minimum atomic E-state index is -3.41. The molecule has 19 heavy (non-hydrogen) atoms. The van der Waals surface area contributed by atoms with E-state index < -0.39 is 10.0 Å². The second-order valence-electron chi connectivity index (χ2n) is 4.73. The molecule has 0 spiro atoms. The minimum absolute atomic E-state index is 0.348. The van der Waals surface area contributed by atoms with E-state index in [1.165, 1.54) is 4.31 Å². The summed E-state index contributed by atoms with van der Waals surface area (Å²) in [5, 5.41) is 0. The molecule has 2 heterocycles. The van der Waals surface area contributed by atoms with E-state index in [2.05, 4.69) is 9.97 Å². The molecule has 1 N–H and O–H groups in total. The van der Waals surface area contributed by atoms with Crippen molar-refractivity contribution in [2.75, 3.05) is 6.54 Å². The van der Waals surface area contributed by atoms with Crippen molar-refractivity contribution in [3.8, 4) is 0 Å². The van der Waals surface area contributed by atoms with Crippen LogP contribution in [0.5, 0.6) is 0 Å². The zero-order valence-electron chi connectivity index (χ0n) is 10.6. The molecule has 0 saturated carbocycles. The van der Waals surface area contributed by atoms with Gasteiger partial charge in [0.25, 0.3) is 0 Å². The number of nitrogens with zero attached hydrogens (tertiary/aromatic N) is 2. The molecule has 0 amide bonds. The van der Waals surface area contributed by atoms with Gasteiger partial charge in [-0.1, -0.05) is 17.7 Å². The highest BCUT2D eigenvalue weighted by Gasteiger charge is 2.29. The largest absolute Gasteiger partial charge is 0.347 e. The Bertz CT molecular complexity index is 689. The van der Waals surface area contributed by atoms with Crippen LogP contribution in [-0.2, 0) is 23.0 Å². The van der Waals surface area contributed by atoms with Crippen LogP contribution in [0.4, 0.5) is 0 Å². The minimum Gasteiger partial charge on any atom is -0.347 e. The van der Waals surface area contributed by atoms with E-state index in [0.29, 0.717) is 24.4 Å². The van der Waals surface area contributed by atoms with Gasteiger partial charge in [-0.25, -0.2) is 13.4 Å². The standard InChI is InChI=1S/C13H15N3O2S/c1-10-2-4-11(5-3-10)19(17,18)16-7-6-12-13(8-16)15-9-14-12/h2-5,9H,6-8H2,1H3,(H,14,15). The predicted molar refractivity (Wildman–Crippen MR) is 71.1 cm³/mol. The summed E-state index contributed by atoms with van der Waals surface area (Å²) in [6, 6.07) is 6.96. The van der Waals surface area contributed by atoms with Gasteiger partial charge in [0.15, 0.2) is 0 Å². The van der Waals surface area contributed by atoms with Crippen molar-refractivity contribution in [1.29, 1.82) is 0 Å². The molecule has 0 unspecified atom stereocenters. The summed E-state index contributed by atoms with van der Waals surface area (Å²) in [7, 11) is -3.41. The van der Waals surface area contributed by atoms with Crippen molar-refractivity contribution < 1.29 is 8.42 Å². The number of fused-ring (bicyclic) bond motifs is 1. The van der Waals surface area contributed by atoms with Crippen LogP contribution in [-0.4, -0.2) is 29.2 Å². The molecule has 0 fully saturated rings. The summed E-state index contributed by atoms with van der Waals surface area (Å²) >= 11 is 0. The molecule has 1 aromatic carbocycles. The van der Waals surface area contributed by atoms with Gasteiger partial charge in [0.2, 0.25) is 10.0 Å². The zero-order chi connectivity index (χ0) is 13.5. The fourth-order valence-corrected chi connectivity index (χ4v) is 3.66. The van der Waals surface area contributed by atoms with Crippen molar-refractivity contribution in [3.05, 3.63) is 47.5 Å². The first-order valence-corrected chi connectivity index (χ1v) is 7.59. The predicted octanol–water partition coefficient (Wildman–Crippen LogP) is 1.47. The van der Waals surface area contributed by atoms with E-state index in [1.807, 2.05) is 19.1 Å². The molecule has 3 rings (SSSR count). The number of hydrogen-bond donors (Lipinski definition) is 1. The topological polar surface area (TPSA) is 66.1 Å². The van der Waals surface area contributed by atoms with Gasteiger partial charge in [-0.15, -0.1) is 0 Å². The van der Waals surface area contributed by atoms with Gasteiger partial charge in [0, 0.05) is 13.0 Å². The van der Waals surface area contributed by atoms with Gasteiger partial charge in [-0.3, -0.25) is 0 Å². The van der Waals surface area contributed by atoms with Crippen LogP contribution >= 0.6 is 0 Å². The maximum absolute atomic E-state index is 12.5. The average molecular weight is 277 g/mol. The molecule has 100 valence electrons. The highest BCUT2D eigenvalue weighted by atomic mass is 32.2. The number of H-pyrrole nitrogens is 1. The monoisotopic (exact) mass is 277 g/mol. The third-order valence-electron chi connectivity index (χ3n) is 3.40. The summed E-state index contributed by atoms with van der Waals surface area (Å²) in [6.07, 6.45) is 2.27. The second kappa shape index (κ2) is 4.47. The third-order valence-corrected chi connectivity index (χ3v) is 5.26. The van der Waals surface area contributed by atoms with Crippen LogP contribution < -0.4 is 0 Å². The molecular weight excluding hydrogens is 262 g/mol. The van der Waals surface area contributed by atoms with Crippen molar-refractivity contribution in [2.24, 2.45) is 0 Å². The van der Waals surface area contributed by atoms with E-state index in [0.717, 1.165) is 17.0 Å². The first-order valence-electron chi connectivity index (χ1n) is 6.15. The molecule has 1 aliphatic rings. The first-order chi connectivity index (χ1) is 9.07. The van der Waals surface area contributed by atoms with Crippen LogP contribution in [0.1, 0.15) is 17.0 Å². The van der Waals surface area contributed by atoms with E-state index >= 15 is 0 Å². The Morgan fingerprint density at radius 3 is 2.74 bits per heavy atom. The second-order valence-corrected chi connectivity index (χ2v) is 6.67. The molecule has 0 atom stereocenters. The van der Waals surface area contributed by atoms with Crippen LogP contribution in [0.3, 0.4) is 0 Å². The molecular formula is C13H15N3O2S. The lowest BCUT2D eigenvalue weighted by molar-refractivity contribution is 0.385. The summed E-state index contributed by atoms with van der Waals surface area (Å²) in [4.78, 5) is 7.53. The number of aryl methyl sites for hydroxylation is 1. The van der Waals surface area contributed by atoms with Gasteiger partial charge < -0.3 is 4.98 Å². The van der Waals surface area contributed by atoms with E-state index in [1.54, 1.807) is 18.5 Å². The lowest BCUT2D eigenvalue weighted by Gasteiger charge is -2.25. The Labute approximate surface area is 112 Å². The fourth-order valence-electron chi connectivity index (χ4n) is 2.25. The number of aromatic nitrogens is 2. The van der Waals surface area contributed by atoms with Gasteiger partial charge in [0.05, 0.1) is 29.2 Å².